The molecular weight excluding hydrogens is 309 g/mol. The van der Waals surface area contributed by atoms with Crippen LogP contribution in [0.25, 0.3) is 22.4 Å². The number of aryl methyl sites for hydroxylation is 1. The molecule has 0 amide bonds. The summed E-state index contributed by atoms with van der Waals surface area (Å²) in [5, 5.41) is 0.774. The average molecular weight is 320 g/mol. The number of hydrogen-bond acceptors (Lipinski definition) is 4. The Labute approximate surface area is 130 Å². The van der Waals surface area contributed by atoms with E-state index < -0.39 is 5.82 Å². The molecular formula is C15H11ClFN3O2. The molecule has 7 heteroatoms. The quantitative estimate of drug-likeness (QED) is 0.750. The first-order chi connectivity index (χ1) is 10.6. The number of ether oxygens (including phenoxy) is 1. The van der Waals surface area contributed by atoms with Crippen LogP contribution in [-0.4, -0.2) is 28.3 Å². The van der Waals surface area contributed by atoms with Crippen molar-refractivity contribution in [1.29, 1.82) is 0 Å². The second kappa shape index (κ2) is 5.38. The van der Waals surface area contributed by atoms with Crippen LogP contribution in [0.3, 0.4) is 0 Å². The second-order valence-electron chi connectivity index (χ2n) is 4.69. The Balaban J connectivity index is 2.29. The second-order valence-corrected chi connectivity index (χ2v) is 5.09. The van der Waals surface area contributed by atoms with E-state index in [1.165, 1.54) is 19.2 Å². The minimum atomic E-state index is -0.672. The summed E-state index contributed by atoms with van der Waals surface area (Å²) in [4.78, 5) is 22.6. The van der Waals surface area contributed by atoms with E-state index in [2.05, 4.69) is 15.0 Å². The highest BCUT2D eigenvalue weighted by Crippen LogP contribution is 2.34. The first kappa shape index (κ1) is 14.5. The van der Waals surface area contributed by atoms with Crippen LogP contribution >= 0.6 is 11.6 Å². The predicted molar refractivity (Wildman–Crippen MR) is 81.0 cm³/mol. The van der Waals surface area contributed by atoms with E-state index in [0.29, 0.717) is 17.3 Å². The Bertz CT molecular complexity index is 892. The van der Waals surface area contributed by atoms with Gasteiger partial charge < -0.3 is 9.72 Å². The van der Waals surface area contributed by atoms with Gasteiger partial charge in [0.25, 0.3) is 0 Å². The summed E-state index contributed by atoms with van der Waals surface area (Å²) in [6.07, 6.45) is 2.34. The van der Waals surface area contributed by atoms with Crippen molar-refractivity contribution >= 4 is 28.9 Å². The highest BCUT2D eigenvalue weighted by Gasteiger charge is 2.19. The minimum Gasteiger partial charge on any atom is -0.492 e. The molecule has 0 radical (unpaired) electrons. The summed E-state index contributed by atoms with van der Waals surface area (Å²) in [6.45, 7) is 1.83. The van der Waals surface area contributed by atoms with Crippen molar-refractivity contribution in [2.45, 2.75) is 6.92 Å². The molecule has 3 rings (SSSR count). The number of aromatic nitrogens is 3. The van der Waals surface area contributed by atoms with Crippen molar-refractivity contribution in [2.75, 3.05) is 7.11 Å². The maximum atomic E-state index is 14.5. The van der Waals surface area contributed by atoms with Crippen LogP contribution in [-0.2, 0) is 0 Å². The maximum Gasteiger partial charge on any atom is 0.177 e. The molecule has 0 saturated carbocycles. The number of methoxy groups -OCH3 is 1. The summed E-state index contributed by atoms with van der Waals surface area (Å²) >= 11 is 5.88. The number of benzene rings is 1. The molecule has 1 aromatic carbocycles. The molecule has 0 saturated heterocycles. The van der Waals surface area contributed by atoms with Gasteiger partial charge in [-0.3, -0.25) is 4.79 Å². The molecule has 5 nitrogen and oxygen atoms in total. The van der Waals surface area contributed by atoms with Crippen molar-refractivity contribution in [3.63, 3.8) is 0 Å². The molecule has 112 valence electrons. The number of carbonyl (C=O) groups is 1. The van der Waals surface area contributed by atoms with Crippen molar-refractivity contribution in [1.82, 2.24) is 15.0 Å². The molecule has 0 fully saturated rings. The molecule has 3 aromatic rings. The van der Waals surface area contributed by atoms with E-state index in [-0.39, 0.29) is 27.9 Å². The lowest BCUT2D eigenvalue weighted by atomic mass is 10.1. The molecule has 0 atom stereocenters. The normalized spacial score (nSPS) is 10.9. The van der Waals surface area contributed by atoms with Gasteiger partial charge in [-0.15, -0.1) is 0 Å². The number of fused-ring (bicyclic) bond motifs is 1. The van der Waals surface area contributed by atoms with Crippen molar-refractivity contribution in [3.05, 3.63) is 40.4 Å². The monoisotopic (exact) mass is 319 g/mol. The van der Waals surface area contributed by atoms with Crippen molar-refractivity contribution < 1.29 is 13.9 Å². The Kier molecular flexibility index (Phi) is 3.54. The Hall–Kier alpha value is -2.47. The minimum absolute atomic E-state index is 0.0850. The highest BCUT2D eigenvalue weighted by atomic mass is 35.5. The fraction of sp³-hybridized carbons (Fsp3) is 0.133. The van der Waals surface area contributed by atoms with E-state index in [9.17, 15) is 9.18 Å². The van der Waals surface area contributed by atoms with Crippen molar-refractivity contribution in [2.24, 2.45) is 0 Å². The molecule has 0 aliphatic rings. The smallest absolute Gasteiger partial charge is 0.177 e. The van der Waals surface area contributed by atoms with Gasteiger partial charge in [-0.2, -0.15) is 0 Å². The maximum absolute atomic E-state index is 14.5. The van der Waals surface area contributed by atoms with Gasteiger partial charge in [0, 0.05) is 6.20 Å². The molecule has 0 unspecified atom stereocenters. The number of H-pyrrole nitrogens is 1. The summed E-state index contributed by atoms with van der Waals surface area (Å²) in [5.41, 5.74) is 1.63. The Morgan fingerprint density at radius 2 is 2.14 bits per heavy atom. The molecule has 2 heterocycles. The van der Waals surface area contributed by atoms with Gasteiger partial charge in [0.05, 0.1) is 23.1 Å². The summed E-state index contributed by atoms with van der Waals surface area (Å²) in [5.74, 6) is -0.670. The van der Waals surface area contributed by atoms with Crippen LogP contribution in [0.2, 0.25) is 5.02 Å². The van der Waals surface area contributed by atoms with Gasteiger partial charge in [-0.05, 0) is 24.6 Å². The lowest BCUT2D eigenvalue weighted by Gasteiger charge is -2.09. The van der Waals surface area contributed by atoms with Crippen LogP contribution < -0.4 is 4.74 Å². The summed E-state index contributed by atoms with van der Waals surface area (Å²) in [6, 6.07) is 2.94. The zero-order valence-corrected chi connectivity index (χ0v) is 12.5. The van der Waals surface area contributed by atoms with Gasteiger partial charge in [-0.25, -0.2) is 14.4 Å². The third kappa shape index (κ3) is 2.12. The lowest BCUT2D eigenvalue weighted by molar-refractivity contribution is 0.112. The van der Waals surface area contributed by atoms with E-state index in [4.69, 9.17) is 16.3 Å². The average Bonchev–Trinajstić information content (AvgIpc) is 2.88. The van der Waals surface area contributed by atoms with Crippen LogP contribution in [0.4, 0.5) is 4.39 Å². The van der Waals surface area contributed by atoms with Crippen LogP contribution in [0.1, 0.15) is 16.1 Å². The summed E-state index contributed by atoms with van der Waals surface area (Å²) in [7, 11) is 1.32. The summed E-state index contributed by atoms with van der Waals surface area (Å²) < 4.78 is 19.4. The zero-order valence-electron chi connectivity index (χ0n) is 11.8. The van der Waals surface area contributed by atoms with E-state index in [1.807, 2.05) is 6.92 Å². The molecule has 2 aromatic heterocycles. The standard InChI is InChI=1S/C15H11ClFN3O2/c1-7-5-18-15-11(7)10(6-21)19-14(20-15)8-3-4-9(16)13(22-2)12(8)17/h3-6H,1-2H3,(H,18,19,20). The van der Waals surface area contributed by atoms with Gasteiger partial charge in [0.1, 0.15) is 11.3 Å². The van der Waals surface area contributed by atoms with Gasteiger partial charge in [0.15, 0.2) is 23.7 Å². The first-order valence-electron chi connectivity index (χ1n) is 6.40. The Morgan fingerprint density at radius 3 is 2.82 bits per heavy atom. The third-order valence-corrected chi connectivity index (χ3v) is 3.66. The molecule has 1 N–H and O–H groups in total. The number of aldehydes is 1. The van der Waals surface area contributed by atoms with E-state index in [1.54, 1.807) is 6.20 Å². The Morgan fingerprint density at radius 1 is 1.36 bits per heavy atom. The molecule has 0 aliphatic carbocycles. The number of nitrogens with one attached hydrogen (secondary N) is 1. The topological polar surface area (TPSA) is 67.9 Å². The number of rotatable bonds is 3. The van der Waals surface area contributed by atoms with Gasteiger partial charge >= 0.3 is 0 Å². The SMILES string of the molecule is COc1c(Cl)ccc(-c2nc(C=O)c3c(C)c[nH]c3n2)c1F. The number of halogens is 2. The predicted octanol–water partition coefficient (Wildman–Crippen LogP) is 3.55. The largest absolute Gasteiger partial charge is 0.492 e. The number of nitrogens with zero attached hydrogens (tertiary/aromatic N) is 2. The zero-order chi connectivity index (χ0) is 15.9. The van der Waals surface area contributed by atoms with Crippen LogP contribution in [0, 0.1) is 12.7 Å². The number of hydrogen-bond donors (Lipinski definition) is 1. The van der Waals surface area contributed by atoms with Crippen LogP contribution in [0.15, 0.2) is 18.3 Å². The fourth-order valence-electron chi connectivity index (χ4n) is 2.32. The van der Waals surface area contributed by atoms with Gasteiger partial charge in [0.2, 0.25) is 0 Å². The molecule has 22 heavy (non-hydrogen) atoms. The third-order valence-electron chi connectivity index (χ3n) is 3.36. The highest BCUT2D eigenvalue weighted by molar-refractivity contribution is 6.32. The molecule has 0 aliphatic heterocycles. The lowest BCUT2D eigenvalue weighted by Crippen LogP contribution is -2.00. The van der Waals surface area contributed by atoms with Crippen molar-refractivity contribution in [3.8, 4) is 17.1 Å². The first-order valence-corrected chi connectivity index (χ1v) is 6.78. The number of aromatic amines is 1. The van der Waals surface area contributed by atoms with E-state index in [0.717, 1.165) is 5.56 Å². The van der Waals surface area contributed by atoms with Crippen LogP contribution in [0.5, 0.6) is 5.75 Å². The molecule has 0 spiro atoms. The van der Waals surface area contributed by atoms with Gasteiger partial charge in [-0.1, -0.05) is 11.6 Å². The molecule has 0 bridgehead atoms. The fourth-order valence-corrected chi connectivity index (χ4v) is 2.54. The van der Waals surface area contributed by atoms with E-state index >= 15 is 0 Å². The number of carbonyl (C=O) groups excluding carboxylic acids is 1.